The van der Waals surface area contributed by atoms with Crippen molar-refractivity contribution in [3.05, 3.63) is 53.6 Å². The number of carbonyl (C=O) groups is 2. The number of anilines is 3. The summed E-state index contributed by atoms with van der Waals surface area (Å²) >= 11 is 0. The zero-order valence-corrected chi connectivity index (χ0v) is 15.3. The average Bonchev–Trinajstić information content (AvgIpc) is 2.97. The maximum Gasteiger partial charge on any atom is 0.255 e. The van der Waals surface area contributed by atoms with Gasteiger partial charge >= 0.3 is 0 Å². The Morgan fingerprint density at radius 2 is 1.69 bits per heavy atom. The van der Waals surface area contributed by atoms with Gasteiger partial charge in [0.2, 0.25) is 15.9 Å². The SMILES string of the molecule is CC(=O)N1CCc2cc(NC(=O)c3ccc(NS(C)(=O)=O)cc3)ccc21. The zero-order chi connectivity index (χ0) is 18.9. The van der Waals surface area contributed by atoms with Gasteiger partial charge in [0.05, 0.1) is 6.26 Å². The predicted octanol–water partition coefficient (Wildman–Crippen LogP) is 2.22. The highest BCUT2D eigenvalue weighted by atomic mass is 32.2. The van der Waals surface area contributed by atoms with E-state index in [1.54, 1.807) is 23.1 Å². The van der Waals surface area contributed by atoms with Crippen molar-refractivity contribution in [3.63, 3.8) is 0 Å². The van der Waals surface area contributed by atoms with E-state index in [4.69, 9.17) is 0 Å². The summed E-state index contributed by atoms with van der Waals surface area (Å²) in [5.41, 5.74) is 3.36. The van der Waals surface area contributed by atoms with Crippen molar-refractivity contribution < 1.29 is 18.0 Å². The number of sulfonamides is 1. The van der Waals surface area contributed by atoms with E-state index in [0.29, 0.717) is 23.5 Å². The van der Waals surface area contributed by atoms with Gasteiger partial charge in [-0.2, -0.15) is 0 Å². The second kappa shape index (κ2) is 6.80. The molecule has 0 radical (unpaired) electrons. The van der Waals surface area contributed by atoms with Crippen LogP contribution in [0.5, 0.6) is 0 Å². The summed E-state index contributed by atoms with van der Waals surface area (Å²) in [7, 11) is -3.35. The lowest BCUT2D eigenvalue weighted by Crippen LogP contribution is -2.25. The van der Waals surface area contributed by atoms with Crippen molar-refractivity contribution in [3.8, 4) is 0 Å². The molecule has 1 aliphatic rings. The van der Waals surface area contributed by atoms with Gasteiger partial charge in [-0.3, -0.25) is 14.3 Å². The Balaban J connectivity index is 1.72. The quantitative estimate of drug-likeness (QED) is 0.859. The number of amides is 2. The molecule has 3 rings (SSSR count). The molecule has 1 heterocycles. The minimum absolute atomic E-state index is 0.00308. The van der Waals surface area contributed by atoms with Crippen LogP contribution < -0.4 is 14.9 Å². The average molecular weight is 373 g/mol. The van der Waals surface area contributed by atoms with Crippen LogP contribution in [0.4, 0.5) is 17.1 Å². The molecule has 0 fully saturated rings. The molecule has 0 aliphatic carbocycles. The molecule has 2 aromatic rings. The largest absolute Gasteiger partial charge is 0.322 e. The topological polar surface area (TPSA) is 95.6 Å². The molecule has 26 heavy (non-hydrogen) atoms. The van der Waals surface area contributed by atoms with Crippen LogP contribution in [0, 0.1) is 0 Å². The highest BCUT2D eigenvalue weighted by Crippen LogP contribution is 2.30. The third kappa shape index (κ3) is 4.02. The Kier molecular flexibility index (Phi) is 4.69. The zero-order valence-electron chi connectivity index (χ0n) is 14.4. The van der Waals surface area contributed by atoms with Gasteiger partial charge in [0.25, 0.3) is 5.91 Å². The van der Waals surface area contributed by atoms with Crippen LogP contribution in [0.15, 0.2) is 42.5 Å². The lowest BCUT2D eigenvalue weighted by molar-refractivity contribution is -0.116. The Morgan fingerprint density at radius 3 is 2.31 bits per heavy atom. The molecule has 136 valence electrons. The van der Waals surface area contributed by atoms with E-state index in [-0.39, 0.29) is 11.8 Å². The van der Waals surface area contributed by atoms with Gasteiger partial charge in [0.15, 0.2) is 0 Å². The van der Waals surface area contributed by atoms with Crippen molar-refractivity contribution in [2.45, 2.75) is 13.3 Å². The Bertz CT molecular complexity index is 968. The molecule has 2 N–H and O–H groups in total. The van der Waals surface area contributed by atoms with Crippen molar-refractivity contribution in [2.75, 3.05) is 27.7 Å². The fourth-order valence-corrected chi connectivity index (χ4v) is 3.48. The summed E-state index contributed by atoms with van der Waals surface area (Å²) in [4.78, 5) is 25.7. The molecule has 0 atom stereocenters. The van der Waals surface area contributed by atoms with E-state index in [9.17, 15) is 18.0 Å². The third-order valence-corrected chi connectivity index (χ3v) is 4.67. The molecule has 2 aromatic carbocycles. The van der Waals surface area contributed by atoms with Crippen LogP contribution in [0.2, 0.25) is 0 Å². The Hall–Kier alpha value is -2.87. The van der Waals surface area contributed by atoms with E-state index in [1.807, 2.05) is 12.1 Å². The summed E-state index contributed by atoms with van der Waals surface area (Å²) in [5.74, 6) is -0.291. The number of hydrogen-bond acceptors (Lipinski definition) is 4. The summed E-state index contributed by atoms with van der Waals surface area (Å²) < 4.78 is 24.8. The fourth-order valence-electron chi connectivity index (χ4n) is 2.91. The van der Waals surface area contributed by atoms with E-state index in [2.05, 4.69) is 10.0 Å². The van der Waals surface area contributed by atoms with E-state index in [1.165, 1.54) is 19.1 Å². The number of hydrogen-bond donors (Lipinski definition) is 2. The van der Waals surface area contributed by atoms with Crippen LogP contribution in [-0.2, 0) is 21.2 Å². The third-order valence-electron chi connectivity index (χ3n) is 4.06. The second-order valence-corrected chi connectivity index (χ2v) is 7.92. The molecule has 8 heteroatoms. The first kappa shape index (κ1) is 17.9. The Morgan fingerprint density at radius 1 is 1.04 bits per heavy atom. The molecule has 0 saturated heterocycles. The number of rotatable bonds is 4. The second-order valence-electron chi connectivity index (χ2n) is 6.17. The monoisotopic (exact) mass is 373 g/mol. The first-order chi connectivity index (χ1) is 12.2. The molecular formula is C18H19N3O4S. The summed E-state index contributed by atoms with van der Waals surface area (Å²) in [6.07, 6.45) is 1.82. The van der Waals surface area contributed by atoms with E-state index < -0.39 is 10.0 Å². The van der Waals surface area contributed by atoms with E-state index in [0.717, 1.165) is 23.9 Å². The molecule has 0 bridgehead atoms. The van der Waals surface area contributed by atoms with Crippen LogP contribution in [0.25, 0.3) is 0 Å². The minimum Gasteiger partial charge on any atom is -0.322 e. The molecule has 0 saturated carbocycles. The van der Waals surface area contributed by atoms with Crippen molar-refractivity contribution in [1.82, 2.24) is 0 Å². The van der Waals surface area contributed by atoms with Gasteiger partial charge in [-0.15, -0.1) is 0 Å². The van der Waals surface area contributed by atoms with E-state index >= 15 is 0 Å². The fraction of sp³-hybridized carbons (Fsp3) is 0.222. The number of carbonyl (C=O) groups excluding carboxylic acids is 2. The summed E-state index contributed by atoms with van der Waals surface area (Å²) in [6, 6.07) is 11.6. The molecular weight excluding hydrogens is 354 g/mol. The van der Waals surface area contributed by atoms with Gasteiger partial charge in [0.1, 0.15) is 0 Å². The molecule has 7 nitrogen and oxygen atoms in total. The first-order valence-electron chi connectivity index (χ1n) is 8.03. The van der Waals surface area contributed by atoms with Crippen LogP contribution in [0.3, 0.4) is 0 Å². The van der Waals surface area contributed by atoms with Crippen LogP contribution in [0.1, 0.15) is 22.8 Å². The Labute approximate surface area is 152 Å². The van der Waals surface area contributed by atoms with Gasteiger partial charge in [0, 0.05) is 36.1 Å². The van der Waals surface area contributed by atoms with Gasteiger partial charge in [-0.05, 0) is 54.4 Å². The maximum atomic E-state index is 12.4. The van der Waals surface area contributed by atoms with Gasteiger partial charge in [-0.1, -0.05) is 0 Å². The van der Waals surface area contributed by atoms with Gasteiger partial charge in [-0.25, -0.2) is 8.42 Å². The number of fused-ring (bicyclic) bond motifs is 1. The number of nitrogens with zero attached hydrogens (tertiary/aromatic N) is 1. The molecule has 0 unspecified atom stereocenters. The highest BCUT2D eigenvalue weighted by molar-refractivity contribution is 7.92. The molecule has 0 spiro atoms. The van der Waals surface area contributed by atoms with Crippen LogP contribution >= 0.6 is 0 Å². The predicted molar refractivity (Wildman–Crippen MR) is 101 cm³/mol. The molecule has 1 aliphatic heterocycles. The van der Waals surface area contributed by atoms with Crippen molar-refractivity contribution in [1.29, 1.82) is 0 Å². The first-order valence-corrected chi connectivity index (χ1v) is 9.92. The number of benzene rings is 2. The molecule has 0 aromatic heterocycles. The lowest BCUT2D eigenvalue weighted by Gasteiger charge is -2.15. The molecule has 2 amide bonds. The highest BCUT2D eigenvalue weighted by Gasteiger charge is 2.22. The van der Waals surface area contributed by atoms with Crippen molar-refractivity contribution in [2.24, 2.45) is 0 Å². The van der Waals surface area contributed by atoms with Crippen molar-refractivity contribution >= 4 is 38.9 Å². The smallest absolute Gasteiger partial charge is 0.255 e. The number of nitrogens with one attached hydrogen (secondary N) is 2. The summed E-state index contributed by atoms with van der Waals surface area (Å²) in [6.45, 7) is 2.18. The summed E-state index contributed by atoms with van der Waals surface area (Å²) in [5, 5.41) is 2.82. The maximum absolute atomic E-state index is 12.4. The minimum atomic E-state index is -3.35. The lowest BCUT2D eigenvalue weighted by atomic mass is 10.1. The van der Waals surface area contributed by atoms with Gasteiger partial charge < -0.3 is 10.2 Å². The standard InChI is InChI=1S/C18H19N3O4S/c1-12(22)21-10-9-14-11-16(7-8-17(14)21)19-18(23)13-3-5-15(6-4-13)20-26(2,24)25/h3-8,11,20H,9-10H2,1-2H3,(H,19,23). The normalized spacial score (nSPS) is 13.2. The van der Waals surface area contributed by atoms with Crippen LogP contribution in [-0.4, -0.2) is 33.0 Å².